The monoisotopic (exact) mass is 248 g/mol. The van der Waals surface area contributed by atoms with Crippen LogP contribution in [0.1, 0.15) is 19.8 Å². The molecule has 0 bridgehead atoms. The average molecular weight is 249 g/mol. The minimum Gasteiger partial charge on any atom is -0.283 e. The third-order valence-electron chi connectivity index (χ3n) is 1.77. The van der Waals surface area contributed by atoms with Gasteiger partial charge in [-0.05, 0) is 18.6 Å². The molecular weight excluding hydrogens is 236 g/mol. The molecule has 0 saturated carbocycles. The lowest BCUT2D eigenvalue weighted by Crippen LogP contribution is -2.16. The van der Waals surface area contributed by atoms with E-state index in [4.69, 9.17) is 11.6 Å². The molecular formula is C9H13ClN2O2S. The summed E-state index contributed by atoms with van der Waals surface area (Å²) in [5.74, 6) is 0.128. The molecule has 0 aliphatic heterocycles. The van der Waals surface area contributed by atoms with Crippen molar-refractivity contribution in [3.8, 4) is 0 Å². The van der Waals surface area contributed by atoms with Crippen molar-refractivity contribution in [3.05, 3.63) is 23.5 Å². The molecule has 0 amide bonds. The molecule has 0 aliphatic carbocycles. The molecule has 4 nitrogen and oxygen atoms in total. The standard InChI is InChI=1S/C9H13ClN2O2S/c1-2-3-6-15(13,14)12-8-4-5-11-9(10)7-8/h4-5,7H,2-3,6H2,1H3,(H,11,12). The SMILES string of the molecule is CCCCS(=O)(=O)Nc1ccnc(Cl)c1. The van der Waals surface area contributed by atoms with Gasteiger partial charge in [-0.2, -0.15) is 0 Å². The molecule has 1 rings (SSSR count). The van der Waals surface area contributed by atoms with Gasteiger partial charge >= 0.3 is 0 Å². The van der Waals surface area contributed by atoms with Gasteiger partial charge in [0.25, 0.3) is 0 Å². The highest BCUT2D eigenvalue weighted by atomic mass is 35.5. The Bertz CT molecular complexity index is 420. The van der Waals surface area contributed by atoms with Crippen molar-refractivity contribution in [1.29, 1.82) is 0 Å². The van der Waals surface area contributed by atoms with E-state index in [1.807, 2.05) is 6.92 Å². The van der Waals surface area contributed by atoms with Gasteiger partial charge < -0.3 is 0 Å². The number of pyridine rings is 1. The summed E-state index contributed by atoms with van der Waals surface area (Å²) < 4.78 is 25.4. The van der Waals surface area contributed by atoms with Crippen molar-refractivity contribution in [2.45, 2.75) is 19.8 Å². The molecule has 0 fully saturated rings. The van der Waals surface area contributed by atoms with Crippen molar-refractivity contribution < 1.29 is 8.42 Å². The van der Waals surface area contributed by atoms with Crippen molar-refractivity contribution in [1.82, 2.24) is 4.98 Å². The van der Waals surface area contributed by atoms with Crippen LogP contribution in [0.15, 0.2) is 18.3 Å². The van der Waals surface area contributed by atoms with Crippen molar-refractivity contribution in [2.75, 3.05) is 10.5 Å². The van der Waals surface area contributed by atoms with E-state index in [1.54, 1.807) is 6.07 Å². The first-order valence-corrected chi connectivity index (χ1v) is 6.68. The first-order chi connectivity index (χ1) is 7.03. The van der Waals surface area contributed by atoms with Gasteiger partial charge in [0.05, 0.1) is 11.4 Å². The molecule has 1 aromatic rings. The topological polar surface area (TPSA) is 59.1 Å². The number of anilines is 1. The Morgan fingerprint density at radius 2 is 2.27 bits per heavy atom. The second kappa shape index (κ2) is 5.32. The molecule has 1 heterocycles. The Morgan fingerprint density at radius 1 is 1.53 bits per heavy atom. The van der Waals surface area contributed by atoms with E-state index >= 15 is 0 Å². The number of rotatable bonds is 5. The van der Waals surface area contributed by atoms with E-state index in [-0.39, 0.29) is 10.9 Å². The first kappa shape index (κ1) is 12.3. The fourth-order valence-corrected chi connectivity index (χ4v) is 2.46. The second-order valence-electron chi connectivity index (χ2n) is 3.14. The van der Waals surface area contributed by atoms with Crippen LogP contribution in [0, 0.1) is 0 Å². The predicted octanol–water partition coefficient (Wildman–Crippen LogP) is 2.28. The van der Waals surface area contributed by atoms with Gasteiger partial charge in [-0.15, -0.1) is 0 Å². The van der Waals surface area contributed by atoms with Gasteiger partial charge in [-0.3, -0.25) is 4.72 Å². The van der Waals surface area contributed by atoms with Crippen LogP contribution in [0.3, 0.4) is 0 Å². The molecule has 0 atom stereocenters. The van der Waals surface area contributed by atoms with Crippen LogP contribution < -0.4 is 4.72 Å². The lowest BCUT2D eigenvalue weighted by atomic mass is 10.4. The summed E-state index contributed by atoms with van der Waals surface area (Å²) in [7, 11) is -3.25. The Hall–Kier alpha value is -0.810. The quantitative estimate of drug-likeness (QED) is 0.814. The van der Waals surface area contributed by atoms with Crippen LogP contribution >= 0.6 is 11.6 Å². The molecule has 0 aromatic carbocycles. The number of nitrogens with zero attached hydrogens (tertiary/aromatic N) is 1. The number of sulfonamides is 1. The lowest BCUT2D eigenvalue weighted by Gasteiger charge is -2.06. The number of aromatic nitrogens is 1. The number of unbranched alkanes of at least 4 members (excludes halogenated alkanes) is 1. The third kappa shape index (κ3) is 4.48. The van der Waals surface area contributed by atoms with Gasteiger partial charge in [0.1, 0.15) is 5.15 Å². The van der Waals surface area contributed by atoms with Gasteiger partial charge in [-0.25, -0.2) is 13.4 Å². The Morgan fingerprint density at radius 3 is 2.87 bits per heavy atom. The minimum absolute atomic E-state index is 0.128. The third-order valence-corrected chi connectivity index (χ3v) is 3.35. The van der Waals surface area contributed by atoms with Crippen LogP contribution in [0.25, 0.3) is 0 Å². The summed E-state index contributed by atoms with van der Waals surface area (Å²) in [5.41, 5.74) is 0.450. The smallest absolute Gasteiger partial charge is 0.232 e. The van der Waals surface area contributed by atoms with Gasteiger partial charge in [0, 0.05) is 6.20 Å². The zero-order valence-electron chi connectivity index (χ0n) is 8.40. The van der Waals surface area contributed by atoms with E-state index < -0.39 is 10.0 Å². The van der Waals surface area contributed by atoms with Gasteiger partial charge in [-0.1, -0.05) is 24.9 Å². The molecule has 0 saturated heterocycles. The molecule has 0 spiro atoms. The van der Waals surface area contributed by atoms with Crippen molar-refractivity contribution in [3.63, 3.8) is 0 Å². The Balaban J connectivity index is 2.69. The summed E-state index contributed by atoms with van der Waals surface area (Å²) in [6, 6.07) is 3.04. The maximum atomic E-state index is 11.5. The largest absolute Gasteiger partial charge is 0.283 e. The number of hydrogen-bond acceptors (Lipinski definition) is 3. The van der Waals surface area contributed by atoms with Crippen LogP contribution in [0.5, 0.6) is 0 Å². The highest BCUT2D eigenvalue weighted by Crippen LogP contribution is 2.13. The van der Waals surface area contributed by atoms with Crippen LogP contribution in [0.2, 0.25) is 5.15 Å². The molecule has 0 aliphatic rings. The van der Waals surface area contributed by atoms with E-state index in [1.165, 1.54) is 12.3 Å². The molecule has 15 heavy (non-hydrogen) atoms. The maximum absolute atomic E-state index is 11.5. The first-order valence-electron chi connectivity index (χ1n) is 4.65. The second-order valence-corrected chi connectivity index (χ2v) is 5.37. The van der Waals surface area contributed by atoms with E-state index in [2.05, 4.69) is 9.71 Å². The highest BCUT2D eigenvalue weighted by molar-refractivity contribution is 7.92. The number of halogens is 1. The molecule has 1 N–H and O–H groups in total. The average Bonchev–Trinajstić information content (AvgIpc) is 2.14. The molecule has 6 heteroatoms. The minimum atomic E-state index is -3.25. The Labute approximate surface area is 94.7 Å². The normalized spacial score (nSPS) is 11.3. The van der Waals surface area contributed by atoms with Crippen LogP contribution in [-0.4, -0.2) is 19.2 Å². The summed E-state index contributed by atoms with van der Waals surface area (Å²) in [4.78, 5) is 3.76. The van der Waals surface area contributed by atoms with E-state index in [0.717, 1.165) is 6.42 Å². The summed E-state index contributed by atoms with van der Waals surface area (Å²) in [6.45, 7) is 1.94. The maximum Gasteiger partial charge on any atom is 0.232 e. The van der Waals surface area contributed by atoms with Crippen LogP contribution in [-0.2, 0) is 10.0 Å². The fraction of sp³-hybridized carbons (Fsp3) is 0.444. The van der Waals surface area contributed by atoms with Crippen LogP contribution in [0.4, 0.5) is 5.69 Å². The summed E-state index contributed by atoms with van der Waals surface area (Å²) in [5, 5.41) is 0.269. The number of nitrogens with one attached hydrogen (secondary N) is 1. The van der Waals surface area contributed by atoms with Crippen molar-refractivity contribution >= 4 is 27.3 Å². The molecule has 0 unspecified atom stereocenters. The van der Waals surface area contributed by atoms with Gasteiger partial charge in [0.15, 0.2) is 0 Å². The highest BCUT2D eigenvalue weighted by Gasteiger charge is 2.09. The summed E-state index contributed by atoms with van der Waals surface area (Å²) in [6.07, 6.45) is 2.95. The summed E-state index contributed by atoms with van der Waals surface area (Å²) >= 11 is 5.63. The van der Waals surface area contributed by atoms with Crippen molar-refractivity contribution in [2.24, 2.45) is 0 Å². The molecule has 84 valence electrons. The molecule has 1 aromatic heterocycles. The predicted molar refractivity (Wildman–Crippen MR) is 61.6 cm³/mol. The fourth-order valence-electron chi connectivity index (χ4n) is 1.03. The zero-order valence-corrected chi connectivity index (χ0v) is 9.98. The van der Waals surface area contributed by atoms with Gasteiger partial charge in [0.2, 0.25) is 10.0 Å². The van der Waals surface area contributed by atoms with E-state index in [9.17, 15) is 8.42 Å². The number of hydrogen-bond donors (Lipinski definition) is 1. The molecule has 0 radical (unpaired) electrons. The lowest BCUT2D eigenvalue weighted by molar-refractivity contribution is 0.598. The van der Waals surface area contributed by atoms with E-state index in [0.29, 0.717) is 12.1 Å². The Kier molecular flexibility index (Phi) is 4.35. The zero-order chi connectivity index (χ0) is 11.3.